The topological polar surface area (TPSA) is 84.2 Å². The van der Waals surface area contributed by atoms with Crippen molar-refractivity contribution >= 4 is 10.0 Å². The molecular weight excluding hydrogens is 470 g/mol. The second-order valence-corrected chi connectivity index (χ2v) is 14.6. The van der Waals surface area contributed by atoms with E-state index in [4.69, 9.17) is 0 Å². The van der Waals surface area contributed by atoms with Gasteiger partial charge in [0.1, 0.15) is 0 Å². The van der Waals surface area contributed by atoms with Crippen molar-refractivity contribution in [3.8, 4) is 11.3 Å². The van der Waals surface area contributed by atoms with Crippen molar-refractivity contribution in [1.29, 1.82) is 0 Å². The van der Waals surface area contributed by atoms with Crippen LogP contribution in [0.3, 0.4) is 0 Å². The predicted molar refractivity (Wildman–Crippen MR) is 140 cm³/mol. The number of aromatic nitrogens is 2. The molecule has 1 aliphatic heterocycles. The second-order valence-electron chi connectivity index (χ2n) is 12.8. The van der Waals surface area contributed by atoms with Crippen LogP contribution in [0, 0.1) is 29.6 Å². The fourth-order valence-electron chi connectivity index (χ4n) is 9.41. The van der Waals surface area contributed by atoms with Crippen molar-refractivity contribution < 1.29 is 13.5 Å². The van der Waals surface area contributed by atoms with Crippen LogP contribution in [0.4, 0.5) is 0 Å². The molecule has 194 valence electrons. The van der Waals surface area contributed by atoms with E-state index in [0.717, 1.165) is 50.6 Å². The Labute approximate surface area is 215 Å². The van der Waals surface area contributed by atoms with Gasteiger partial charge in [-0.05, 0) is 86.5 Å². The average Bonchev–Trinajstić information content (AvgIpc) is 3.41. The van der Waals surface area contributed by atoms with E-state index in [1.807, 2.05) is 12.5 Å². The number of aliphatic hydroxyl groups is 1. The Bertz CT molecular complexity index is 1220. The Morgan fingerprint density at radius 1 is 1.08 bits per heavy atom. The zero-order valence-electron chi connectivity index (χ0n) is 21.1. The molecule has 4 bridgehead atoms. The number of sulfonamides is 1. The van der Waals surface area contributed by atoms with Gasteiger partial charge in [0, 0.05) is 11.1 Å². The molecule has 2 aromatic rings. The summed E-state index contributed by atoms with van der Waals surface area (Å²) in [5, 5.41) is 11.7. The lowest BCUT2D eigenvalue weighted by Gasteiger charge is -2.61. The molecule has 2 N–H and O–H groups in total. The molecule has 1 aromatic carbocycles. The normalized spacial score (nSPS) is 36.1. The summed E-state index contributed by atoms with van der Waals surface area (Å²) in [7, 11) is -3.28. The molecule has 0 spiro atoms. The monoisotopic (exact) mass is 509 g/mol. The van der Waals surface area contributed by atoms with Gasteiger partial charge >= 0.3 is 0 Å². The number of benzene rings is 1. The number of fused-ring (bicyclic) bond motifs is 3. The molecule has 0 amide bonds. The largest absolute Gasteiger partial charge is 0.393 e. The minimum Gasteiger partial charge on any atom is -0.393 e. The van der Waals surface area contributed by atoms with E-state index < -0.39 is 10.0 Å². The Morgan fingerprint density at radius 3 is 2.61 bits per heavy atom. The van der Waals surface area contributed by atoms with Crippen LogP contribution in [0.1, 0.15) is 82.2 Å². The average molecular weight is 510 g/mol. The van der Waals surface area contributed by atoms with Gasteiger partial charge in [0.05, 0.1) is 36.1 Å². The maximum absolute atomic E-state index is 13.3. The first kappa shape index (κ1) is 23.4. The first-order valence-corrected chi connectivity index (χ1v) is 15.9. The summed E-state index contributed by atoms with van der Waals surface area (Å²) >= 11 is 0. The van der Waals surface area contributed by atoms with Crippen molar-refractivity contribution in [3.05, 3.63) is 42.4 Å². The highest BCUT2D eigenvalue weighted by Crippen LogP contribution is 2.60. The van der Waals surface area contributed by atoms with Crippen molar-refractivity contribution in [2.75, 3.05) is 5.75 Å². The number of imidazole rings is 1. The lowest BCUT2D eigenvalue weighted by Crippen LogP contribution is -2.64. The number of hydrogen-bond acceptors (Lipinski definition) is 4. The highest BCUT2D eigenvalue weighted by atomic mass is 32.2. The predicted octanol–water partition coefficient (Wildman–Crippen LogP) is 4.90. The van der Waals surface area contributed by atoms with Gasteiger partial charge in [0.25, 0.3) is 0 Å². The fourth-order valence-corrected chi connectivity index (χ4v) is 11.4. The third-order valence-corrected chi connectivity index (χ3v) is 12.1. The maximum Gasteiger partial charge on any atom is 0.212 e. The van der Waals surface area contributed by atoms with Crippen LogP contribution in [-0.4, -0.2) is 40.5 Å². The van der Waals surface area contributed by atoms with E-state index >= 15 is 0 Å². The maximum atomic E-state index is 13.3. The summed E-state index contributed by atoms with van der Waals surface area (Å²) in [5.74, 6) is 2.29. The summed E-state index contributed by atoms with van der Waals surface area (Å²) in [6, 6.07) is 8.62. The highest BCUT2D eigenvalue weighted by molar-refractivity contribution is 7.89. The van der Waals surface area contributed by atoms with Crippen molar-refractivity contribution in [1.82, 2.24) is 14.3 Å². The molecular formula is C29H39N3O3S. The molecule has 5 aliphatic carbocycles. The van der Waals surface area contributed by atoms with Crippen LogP contribution in [0.25, 0.3) is 11.3 Å². The summed E-state index contributed by atoms with van der Waals surface area (Å²) in [6.45, 7) is 0. The molecule has 8 rings (SSSR count). The SMILES string of the molecule is O=S(=O)(CC1CCCCC1)NC12CC3CC(C1)C(C(O)CC1c4ccccc4-c4cncn41)C(C3)C2. The molecule has 4 atom stereocenters. The fraction of sp³-hybridized carbons (Fsp3) is 0.690. The summed E-state index contributed by atoms with van der Waals surface area (Å²) in [5.41, 5.74) is 3.37. The highest BCUT2D eigenvalue weighted by Gasteiger charge is 2.58. The first-order chi connectivity index (χ1) is 17.4. The van der Waals surface area contributed by atoms with Crippen LogP contribution >= 0.6 is 0 Å². The van der Waals surface area contributed by atoms with Gasteiger partial charge in [-0.1, -0.05) is 43.5 Å². The molecule has 0 saturated heterocycles. The van der Waals surface area contributed by atoms with Crippen LogP contribution in [-0.2, 0) is 10.0 Å². The third-order valence-electron chi connectivity index (χ3n) is 10.4. The summed E-state index contributed by atoms with van der Waals surface area (Å²) in [6.07, 6.45) is 14.9. The van der Waals surface area contributed by atoms with Crippen LogP contribution < -0.4 is 4.72 Å². The zero-order valence-corrected chi connectivity index (χ0v) is 21.9. The van der Waals surface area contributed by atoms with E-state index in [9.17, 15) is 13.5 Å². The van der Waals surface area contributed by atoms with Crippen molar-refractivity contribution in [2.45, 2.75) is 88.3 Å². The van der Waals surface area contributed by atoms with Gasteiger partial charge in [0.2, 0.25) is 10.0 Å². The number of hydrogen-bond donors (Lipinski definition) is 2. The van der Waals surface area contributed by atoms with Gasteiger partial charge in [-0.15, -0.1) is 0 Å². The number of nitrogens with zero attached hydrogens (tertiary/aromatic N) is 2. The Balaban J connectivity index is 1.07. The Hall–Kier alpha value is -1.70. The van der Waals surface area contributed by atoms with Gasteiger partial charge in [0.15, 0.2) is 0 Å². The van der Waals surface area contributed by atoms with Gasteiger partial charge < -0.3 is 9.67 Å². The summed E-state index contributed by atoms with van der Waals surface area (Å²) in [4.78, 5) is 4.39. The van der Waals surface area contributed by atoms with Gasteiger partial charge in [-0.2, -0.15) is 0 Å². The Morgan fingerprint density at radius 2 is 1.83 bits per heavy atom. The van der Waals surface area contributed by atoms with E-state index in [1.165, 1.54) is 30.4 Å². The van der Waals surface area contributed by atoms with E-state index in [-0.39, 0.29) is 23.6 Å². The second kappa shape index (κ2) is 8.67. The van der Waals surface area contributed by atoms with E-state index in [1.54, 1.807) is 0 Å². The van der Waals surface area contributed by atoms with Crippen molar-refractivity contribution in [2.24, 2.45) is 29.6 Å². The quantitative estimate of drug-likeness (QED) is 0.556. The molecule has 0 radical (unpaired) electrons. The zero-order chi connectivity index (χ0) is 24.5. The first-order valence-electron chi connectivity index (χ1n) is 14.2. The molecule has 4 unspecified atom stereocenters. The number of rotatable bonds is 7. The molecule has 6 aliphatic rings. The van der Waals surface area contributed by atoms with Crippen LogP contribution in [0.2, 0.25) is 0 Å². The molecule has 7 heteroatoms. The molecule has 1 aromatic heterocycles. The molecule has 6 nitrogen and oxygen atoms in total. The minimum atomic E-state index is -3.28. The molecule has 5 saturated carbocycles. The third kappa shape index (κ3) is 3.97. The lowest BCUT2D eigenvalue weighted by atomic mass is 9.48. The number of nitrogens with one attached hydrogen (secondary N) is 1. The smallest absolute Gasteiger partial charge is 0.212 e. The van der Waals surface area contributed by atoms with E-state index in [0.29, 0.717) is 35.8 Å². The molecule has 36 heavy (non-hydrogen) atoms. The Kier molecular flexibility index (Phi) is 5.64. The molecule has 2 heterocycles. The minimum absolute atomic E-state index is 0.119. The van der Waals surface area contributed by atoms with Gasteiger partial charge in [-0.25, -0.2) is 18.1 Å². The summed E-state index contributed by atoms with van der Waals surface area (Å²) < 4.78 is 32.0. The van der Waals surface area contributed by atoms with Crippen LogP contribution in [0.5, 0.6) is 0 Å². The lowest BCUT2D eigenvalue weighted by molar-refractivity contribution is -0.106. The van der Waals surface area contributed by atoms with Crippen molar-refractivity contribution in [3.63, 3.8) is 0 Å². The van der Waals surface area contributed by atoms with Crippen LogP contribution in [0.15, 0.2) is 36.8 Å². The standard InChI is InChI=1S/C29H39N3O3S/c33-27(12-25-23-8-4-5-9-24(23)26-16-30-18-32(25)26)28-21-10-20-11-22(28)15-29(13-20,14-21)31-36(34,35)17-19-6-2-1-3-7-19/h4-5,8-9,16,18-22,25,27-28,31,33H,1-3,6-7,10-15,17H2. The van der Waals surface area contributed by atoms with Gasteiger partial charge in [-0.3, -0.25) is 0 Å². The van der Waals surface area contributed by atoms with E-state index in [2.05, 4.69) is 38.5 Å². The molecule has 5 fully saturated rings. The number of aliphatic hydroxyl groups excluding tert-OH is 1.